The zero-order chi connectivity index (χ0) is 36.7. The molecule has 9 aromatic rings. The Morgan fingerprint density at radius 3 is 1.71 bits per heavy atom. The summed E-state index contributed by atoms with van der Waals surface area (Å²) in [5, 5.41) is 7.72. The number of benzene rings is 8. The van der Waals surface area contributed by atoms with Gasteiger partial charge in [0.05, 0.1) is 22.5 Å². The number of fused-ring (bicyclic) bond motifs is 17. The monoisotopic (exact) mass is 700 g/mol. The fourth-order valence-corrected chi connectivity index (χ4v) is 9.79. The van der Waals surface area contributed by atoms with E-state index in [4.69, 9.17) is 10.7 Å². The molecular weight excluding hydrogens is 665 g/mol. The molecule has 258 valence electrons. The van der Waals surface area contributed by atoms with Crippen molar-refractivity contribution in [3.05, 3.63) is 216 Å². The van der Waals surface area contributed by atoms with Crippen LogP contribution in [0.5, 0.6) is 0 Å². The quantitative estimate of drug-likeness (QED) is 0.147. The summed E-state index contributed by atoms with van der Waals surface area (Å²) in [7, 11) is 0. The molecule has 1 aromatic heterocycles. The second-order valence-corrected chi connectivity index (χ2v) is 14.7. The molecule has 0 unspecified atom stereocenters. The third kappa shape index (κ3) is 4.34. The molecule has 0 saturated heterocycles. The van der Waals surface area contributed by atoms with E-state index in [9.17, 15) is 0 Å². The van der Waals surface area contributed by atoms with Gasteiger partial charge in [0, 0.05) is 5.56 Å². The van der Waals surface area contributed by atoms with Crippen LogP contribution < -0.4 is 5.73 Å². The molecular formula is C53H36N2. The van der Waals surface area contributed by atoms with Crippen LogP contribution in [0.2, 0.25) is 0 Å². The van der Waals surface area contributed by atoms with Gasteiger partial charge in [0.1, 0.15) is 0 Å². The van der Waals surface area contributed by atoms with Gasteiger partial charge in [-0.2, -0.15) is 0 Å². The first kappa shape index (κ1) is 31.5. The molecule has 0 saturated carbocycles. The minimum absolute atomic E-state index is 0.497. The molecule has 55 heavy (non-hydrogen) atoms. The first-order chi connectivity index (χ1) is 27.2. The van der Waals surface area contributed by atoms with E-state index >= 15 is 0 Å². The highest BCUT2D eigenvalue weighted by atomic mass is 14.8. The third-order valence-electron chi connectivity index (χ3n) is 12.0. The van der Waals surface area contributed by atoms with Crippen LogP contribution in [0.15, 0.2) is 188 Å². The molecule has 8 aromatic carbocycles. The number of pyridine rings is 1. The zero-order valence-corrected chi connectivity index (χ0v) is 30.4. The Labute approximate surface area is 320 Å². The van der Waals surface area contributed by atoms with Gasteiger partial charge in [-0.25, -0.2) is 4.98 Å². The summed E-state index contributed by atoms with van der Waals surface area (Å²) in [4.78, 5) is 4.92. The average Bonchev–Trinajstić information content (AvgIpc) is 3.73. The van der Waals surface area contributed by atoms with Gasteiger partial charge >= 0.3 is 0 Å². The maximum absolute atomic E-state index is 6.37. The third-order valence-corrected chi connectivity index (χ3v) is 12.0. The zero-order valence-electron chi connectivity index (χ0n) is 30.4. The molecule has 0 fully saturated rings. The maximum atomic E-state index is 6.37. The standard InChI is InChI=1S/C53H36N2/c1-2-3-25-47(54)49-27-14-26-48(55-49)34-30-28-33(29-31-34)43-32-44-50-40-20-7-4-15-35(40)36-16-5-9-22-42(36)52(50)53(51(44)41-21-8-6-17-37(41)43)45-23-12-10-18-38(45)39-19-11-13-24-46(39)53/h2-32H,54H2,1H3/b3-2-,47-25-. The van der Waals surface area contributed by atoms with Crippen molar-refractivity contribution in [3.63, 3.8) is 0 Å². The van der Waals surface area contributed by atoms with Crippen LogP contribution in [-0.4, -0.2) is 4.98 Å². The van der Waals surface area contributed by atoms with E-state index in [0.29, 0.717) is 5.70 Å². The smallest absolute Gasteiger partial charge is 0.0866 e. The number of rotatable bonds is 4. The van der Waals surface area contributed by atoms with Gasteiger partial charge in [-0.3, -0.25) is 0 Å². The van der Waals surface area contributed by atoms with Gasteiger partial charge in [-0.1, -0.05) is 164 Å². The predicted molar refractivity (Wildman–Crippen MR) is 231 cm³/mol. The summed E-state index contributed by atoms with van der Waals surface area (Å²) in [6.07, 6.45) is 5.80. The maximum Gasteiger partial charge on any atom is 0.0866 e. The SMILES string of the molecule is C/C=C\C=C(/N)c1cccc(-c2ccc(-c3cc4c(c5ccccc35)C3(c5ccccc5-c5ccccc53)c3c-4c4ccccc4c4ccccc34)cc2)n1. The normalized spacial score (nSPS) is 13.8. The Hall–Kier alpha value is -7.03. The van der Waals surface area contributed by atoms with E-state index in [1.165, 1.54) is 88.0 Å². The van der Waals surface area contributed by atoms with Crippen molar-refractivity contribution in [2.75, 3.05) is 0 Å². The average molecular weight is 701 g/mol. The molecule has 2 aliphatic carbocycles. The van der Waals surface area contributed by atoms with Crippen molar-refractivity contribution < 1.29 is 0 Å². The summed E-state index contributed by atoms with van der Waals surface area (Å²) in [6.45, 7) is 1.98. The van der Waals surface area contributed by atoms with Crippen LogP contribution in [0.25, 0.3) is 82.7 Å². The summed E-state index contributed by atoms with van der Waals surface area (Å²) in [6, 6.07) is 62.8. The molecule has 0 radical (unpaired) electrons. The molecule has 0 aliphatic heterocycles. The summed E-state index contributed by atoms with van der Waals surface area (Å²) in [5.74, 6) is 0. The van der Waals surface area contributed by atoms with Gasteiger partial charge in [-0.15, -0.1) is 0 Å². The lowest BCUT2D eigenvalue weighted by Gasteiger charge is -2.33. The number of hydrogen-bond acceptors (Lipinski definition) is 2. The molecule has 1 heterocycles. The van der Waals surface area contributed by atoms with E-state index in [1.54, 1.807) is 0 Å². The minimum Gasteiger partial charge on any atom is -0.397 e. The lowest BCUT2D eigenvalue weighted by Crippen LogP contribution is -2.26. The van der Waals surface area contributed by atoms with Crippen LogP contribution in [0.3, 0.4) is 0 Å². The lowest BCUT2D eigenvalue weighted by atomic mass is 9.68. The van der Waals surface area contributed by atoms with E-state index in [1.807, 2.05) is 37.3 Å². The number of nitrogens with two attached hydrogens (primary N) is 1. The Morgan fingerprint density at radius 2 is 1.04 bits per heavy atom. The van der Waals surface area contributed by atoms with Crippen molar-refractivity contribution in [3.8, 4) is 44.6 Å². The van der Waals surface area contributed by atoms with Crippen molar-refractivity contribution >= 4 is 38.0 Å². The molecule has 0 bridgehead atoms. The highest BCUT2D eigenvalue weighted by Gasteiger charge is 2.54. The summed E-state index contributed by atoms with van der Waals surface area (Å²) in [5.41, 5.74) is 22.4. The van der Waals surface area contributed by atoms with Crippen LogP contribution in [0.4, 0.5) is 0 Å². The molecule has 0 amide bonds. The summed E-state index contributed by atoms with van der Waals surface area (Å²) < 4.78 is 0. The van der Waals surface area contributed by atoms with Crippen LogP contribution in [0.1, 0.15) is 34.9 Å². The lowest BCUT2D eigenvalue weighted by molar-refractivity contribution is 0.809. The Morgan fingerprint density at radius 1 is 0.491 bits per heavy atom. The van der Waals surface area contributed by atoms with Crippen molar-refractivity contribution in [1.82, 2.24) is 4.98 Å². The van der Waals surface area contributed by atoms with Crippen molar-refractivity contribution in [1.29, 1.82) is 0 Å². The Kier molecular flexibility index (Phi) is 6.87. The van der Waals surface area contributed by atoms with Gasteiger partial charge in [0.15, 0.2) is 0 Å². The molecule has 2 nitrogen and oxygen atoms in total. The van der Waals surface area contributed by atoms with Gasteiger partial charge < -0.3 is 5.73 Å². The van der Waals surface area contributed by atoms with E-state index in [2.05, 4.69) is 158 Å². The Bertz CT molecular complexity index is 3060. The van der Waals surface area contributed by atoms with Crippen LogP contribution in [0, 0.1) is 0 Å². The second kappa shape index (κ2) is 12.0. The van der Waals surface area contributed by atoms with Gasteiger partial charge in [0.2, 0.25) is 0 Å². The minimum atomic E-state index is -0.497. The fraction of sp³-hybridized carbons (Fsp3) is 0.0377. The largest absolute Gasteiger partial charge is 0.397 e. The first-order valence-electron chi connectivity index (χ1n) is 19.0. The van der Waals surface area contributed by atoms with Crippen LogP contribution >= 0.6 is 0 Å². The number of hydrogen-bond donors (Lipinski definition) is 1. The second-order valence-electron chi connectivity index (χ2n) is 14.7. The number of allylic oxidation sites excluding steroid dienone is 3. The van der Waals surface area contributed by atoms with Gasteiger partial charge in [0.25, 0.3) is 0 Å². The summed E-state index contributed by atoms with van der Waals surface area (Å²) >= 11 is 0. The predicted octanol–water partition coefficient (Wildman–Crippen LogP) is 13.1. The number of nitrogens with zero attached hydrogens (tertiary/aromatic N) is 1. The van der Waals surface area contributed by atoms with E-state index in [-0.39, 0.29) is 0 Å². The molecule has 11 rings (SSSR count). The topological polar surface area (TPSA) is 38.9 Å². The molecule has 1 spiro atoms. The van der Waals surface area contributed by atoms with Gasteiger partial charge in [-0.05, 0) is 119 Å². The fourth-order valence-electron chi connectivity index (χ4n) is 9.79. The molecule has 2 heteroatoms. The Balaban J connectivity index is 1.22. The number of aromatic nitrogens is 1. The highest BCUT2D eigenvalue weighted by Crippen LogP contribution is 2.67. The highest BCUT2D eigenvalue weighted by molar-refractivity contribution is 6.22. The van der Waals surface area contributed by atoms with E-state index < -0.39 is 5.41 Å². The van der Waals surface area contributed by atoms with Crippen LogP contribution in [-0.2, 0) is 5.41 Å². The molecule has 0 atom stereocenters. The first-order valence-corrected chi connectivity index (χ1v) is 19.0. The van der Waals surface area contributed by atoms with Crippen molar-refractivity contribution in [2.45, 2.75) is 12.3 Å². The molecule has 2 aliphatic rings. The van der Waals surface area contributed by atoms with Crippen molar-refractivity contribution in [2.24, 2.45) is 5.73 Å². The molecule has 2 N–H and O–H groups in total. The van der Waals surface area contributed by atoms with E-state index in [0.717, 1.165) is 17.0 Å².